The first-order valence-electron chi connectivity index (χ1n) is 6.88. The second-order valence-electron chi connectivity index (χ2n) is 4.37. The minimum absolute atomic E-state index is 0.00292. The molecule has 2 saturated heterocycles. The van der Waals surface area contributed by atoms with E-state index in [4.69, 9.17) is 19.3 Å². The zero-order valence-electron chi connectivity index (χ0n) is 11.3. The van der Waals surface area contributed by atoms with E-state index < -0.39 is 0 Å². The lowest BCUT2D eigenvalue weighted by Crippen LogP contribution is -2.31. The Morgan fingerprint density at radius 1 is 1.00 bits per heavy atom. The Hall–Kier alpha value is -0.120. The second kappa shape index (κ2) is 11.7. The van der Waals surface area contributed by atoms with Crippen LogP contribution in [-0.2, 0) is 14.2 Å². The summed E-state index contributed by atoms with van der Waals surface area (Å²) in [6.07, 6.45) is 6.83. The zero-order chi connectivity index (χ0) is 13.8. The molecule has 1 N–H and O–H groups in total. The van der Waals surface area contributed by atoms with Crippen molar-refractivity contribution in [3.63, 3.8) is 0 Å². The van der Waals surface area contributed by atoms with Crippen LogP contribution in [0.1, 0.15) is 38.5 Å². The normalized spacial score (nSPS) is 26.6. The van der Waals surface area contributed by atoms with E-state index in [-0.39, 0.29) is 19.2 Å². The maximum atomic E-state index is 8.00. The third kappa shape index (κ3) is 8.61. The summed E-state index contributed by atoms with van der Waals surface area (Å²) in [5, 5.41) is 8.65. The number of aliphatic hydroxyl groups excluding tert-OH is 1. The third-order valence-corrected chi connectivity index (χ3v) is 3.13. The Labute approximate surface area is 123 Å². The van der Waals surface area contributed by atoms with Gasteiger partial charge in [-0.2, -0.15) is 0 Å². The van der Waals surface area contributed by atoms with Crippen molar-refractivity contribution in [2.75, 3.05) is 25.2 Å². The first-order chi connectivity index (χ1) is 9.36. The second-order valence-corrected chi connectivity index (χ2v) is 4.93. The predicted molar refractivity (Wildman–Crippen MR) is 76.9 cm³/mol. The molecule has 2 aliphatic rings. The van der Waals surface area contributed by atoms with Crippen LogP contribution in [0.5, 0.6) is 0 Å². The summed E-state index contributed by atoms with van der Waals surface area (Å²) >= 11 is 3.07. The smallest absolute Gasteiger partial charge is 0.160 e. The average molecular weight is 335 g/mol. The van der Waals surface area contributed by atoms with Gasteiger partial charge in [0.05, 0.1) is 5.33 Å². The molecule has 2 rings (SSSR count). The van der Waals surface area contributed by atoms with Crippen LogP contribution in [0.15, 0.2) is 0 Å². The summed E-state index contributed by atoms with van der Waals surface area (Å²) in [7, 11) is 0. The van der Waals surface area contributed by atoms with Crippen LogP contribution in [0, 0.1) is 11.8 Å². The maximum Gasteiger partial charge on any atom is 0.160 e. The van der Waals surface area contributed by atoms with Gasteiger partial charge in [0, 0.05) is 13.2 Å². The van der Waals surface area contributed by atoms with Gasteiger partial charge in [-0.15, -0.1) is 0 Å². The minimum Gasteiger partial charge on any atom is -0.384 e. The molecule has 0 aromatic carbocycles. The lowest BCUT2D eigenvalue weighted by Gasteiger charge is -2.29. The Morgan fingerprint density at radius 3 is 1.89 bits per heavy atom. The molecule has 19 heavy (non-hydrogen) atoms. The molecule has 0 aliphatic carbocycles. The van der Waals surface area contributed by atoms with Crippen molar-refractivity contribution in [3.05, 3.63) is 0 Å². The highest BCUT2D eigenvalue weighted by Gasteiger charge is 2.21. The number of aliphatic hydroxyl groups is 1. The van der Waals surface area contributed by atoms with Crippen LogP contribution in [-0.4, -0.2) is 42.8 Å². The number of alkyl halides is 1. The minimum atomic E-state index is -0.0361. The number of ether oxygens (including phenoxy) is 3. The largest absolute Gasteiger partial charge is 0.384 e. The van der Waals surface area contributed by atoms with Crippen LogP contribution in [0.3, 0.4) is 0 Å². The molecule has 2 heterocycles. The van der Waals surface area contributed by atoms with Gasteiger partial charge in [0.2, 0.25) is 0 Å². The SMILES string of the molecule is C1CCC(OC2CCCCO2)OC1.OCC#CCBr. The Kier molecular flexibility index (Phi) is 10.4. The van der Waals surface area contributed by atoms with Crippen LogP contribution in [0.25, 0.3) is 0 Å². The standard InChI is InChI=1S/C10H18O3.C4H5BrO/c1-3-7-11-9(5-1)13-10-6-2-4-8-12-10;5-3-1-2-4-6/h9-10H,1-8H2;6H,3-4H2. The van der Waals surface area contributed by atoms with Crippen LogP contribution >= 0.6 is 15.9 Å². The predicted octanol–water partition coefficient (Wildman–Crippen LogP) is 2.43. The number of halogens is 1. The summed E-state index contributed by atoms with van der Waals surface area (Å²) in [5.41, 5.74) is 0. The van der Waals surface area contributed by atoms with Gasteiger partial charge in [0.15, 0.2) is 12.6 Å². The van der Waals surface area contributed by atoms with Gasteiger partial charge < -0.3 is 19.3 Å². The van der Waals surface area contributed by atoms with E-state index in [1.807, 2.05) is 0 Å². The Bertz CT molecular complexity index is 238. The zero-order valence-corrected chi connectivity index (χ0v) is 12.9. The molecule has 0 saturated carbocycles. The van der Waals surface area contributed by atoms with Crippen LogP contribution < -0.4 is 0 Å². The first-order valence-corrected chi connectivity index (χ1v) is 8.00. The molecule has 0 radical (unpaired) electrons. The van der Waals surface area contributed by atoms with Crippen molar-refractivity contribution in [2.45, 2.75) is 51.1 Å². The highest BCUT2D eigenvalue weighted by molar-refractivity contribution is 9.09. The summed E-state index contributed by atoms with van der Waals surface area (Å²) in [6, 6.07) is 0. The molecule has 110 valence electrons. The molecule has 0 amide bonds. The fourth-order valence-electron chi connectivity index (χ4n) is 1.91. The highest BCUT2D eigenvalue weighted by atomic mass is 79.9. The number of hydrogen-bond acceptors (Lipinski definition) is 4. The van der Waals surface area contributed by atoms with E-state index in [0.717, 1.165) is 26.1 Å². The van der Waals surface area contributed by atoms with E-state index >= 15 is 0 Å². The molecule has 2 aliphatic heterocycles. The molecule has 0 spiro atoms. The average Bonchev–Trinajstić information content (AvgIpc) is 2.48. The van der Waals surface area contributed by atoms with Crippen LogP contribution in [0.4, 0.5) is 0 Å². The fraction of sp³-hybridized carbons (Fsp3) is 0.857. The van der Waals surface area contributed by atoms with Crippen molar-refractivity contribution in [1.29, 1.82) is 0 Å². The maximum absolute atomic E-state index is 8.00. The third-order valence-electron chi connectivity index (χ3n) is 2.85. The molecular weight excluding hydrogens is 312 g/mol. The van der Waals surface area contributed by atoms with Crippen molar-refractivity contribution in [3.8, 4) is 11.8 Å². The first kappa shape index (κ1) is 16.9. The van der Waals surface area contributed by atoms with E-state index in [9.17, 15) is 0 Å². The van der Waals surface area contributed by atoms with Gasteiger partial charge >= 0.3 is 0 Å². The van der Waals surface area contributed by atoms with Gasteiger partial charge in [-0.25, -0.2) is 0 Å². The number of rotatable bonds is 2. The summed E-state index contributed by atoms with van der Waals surface area (Å²) in [5.74, 6) is 5.07. The fourth-order valence-corrected chi connectivity index (χ4v) is 2.11. The Balaban J connectivity index is 0.000000258. The highest BCUT2D eigenvalue weighted by Crippen LogP contribution is 2.20. The monoisotopic (exact) mass is 334 g/mol. The quantitative estimate of drug-likeness (QED) is 0.622. The Morgan fingerprint density at radius 2 is 1.58 bits per heavy atom. The molecule has 2 unspecified atom stereocenters. The van der Waals surface area contributed by atoms with Crippen molar-refractivity contribution >= 4 is 15.9 Å². The molecule has 2 atom stereocenters. The van der Waals surface area contributed by atoms with Crippen molar-refractivity contribution in [2.24, 2.45) is 0 Å². The van der Waals surface area contributed by atoms with E-state index in [1.165, 1.54) is 25.7 Å². The molecule has 0 aromatic heterocycles. The van der Waals surface area contributed by atoms with Gasteiger partial charge in [0.25, 0.3) is 0 Å². The van der Waals surface area contributed by atoms with Gasteiger partial charge in [-0.3, -0.25) is 0 Å². The molecule has 0 bridgehead atoms. The van der Waals surface area contributed by atoms with Crippen LogP contribution in [0.2, 0.25) is 0 Å². The molecular formula is C14H23BrO4. The summed E-state index contributed by atoms with van der Waals surface area (Å²) in [6.45, 7) is 1.65. The van der Waals surface area contributed by atoms with Crippen molar-refractivity contribution in [1.82, 2.24) is 0 Å². The molecule has 5 heteroatoms. The lowest BCUT2D eigenvalue weighted by atomic mass is 10.2. The van der Waals surface area contributed by atoms with Gasteiger partial charge in [-0.05, 0) is 38.5 Å². The summed E-state index contributed by atoms with van der Waals surface area (Å²) in [4.78, 5) is 0. The summed E-state index contributed by atoms with van der Waals surface area (Å²) < 4.78 is 16.6. The lowest BCUT2D eigenvalue weighted by molar-refractivity contribution is -0.264. The number of hydrogen-bond donors (Lipinski definition) is 1. The van der Waals surface area contributed by atoms with Gasteiger partial charge in [-0.1, -0.05) is 27.8 Å². The van der Waals surface area contributed by atoms with E-state index in [2.05, 4.69) is 27.8 Å². The van der Waals surface area contributed by atoms with E-state index in [1.54, 1.807) is 0 Å². The molecule has 2 fully saturated rings. The van der Waals surface area contributed by atoms with Crippen molar-refractivity contribution < 1.29 is 19.3 Å². The van der Waals surface area contributed by atoms with E-state index in [0.29, 0.717) is 5.33 Å². The molecule has 0 aromatic rings. The molecule has 4 nitrogen and oxygen atoms in total. The topological polar surface area (TPSA) is 47.9 Å². The van der Waals surface area contributed by atoms with Gasteiger partial charge in [0.1, 0.15) is 6.61 Å².